The Morgan fingerprint density at radius 3 is 2.61 bits per heavy atom. The van der Waals surface area contributed by atoms with Crippen LogP contribution in [0, 0.1) is 11.3 Å². The van der Waals surface area contributed by atoms with Gasteiger partial charge in [-0.1, -0.05) is 30.3 Å². The molecule has 2 aromatic rings. The van der Waals surface area contributed by atoms with Gasteiger partial charge in [-0.15, -0.1) is 0 Å². The predicted molar refractivity (Wildman–Crippen MR) is 70.2 cm³/mol. The van der Waals surface area contributed by atoms with Gasteiger partial charge in [0.05, 0.1) is 12.5 Å². The van der Waals surface area contributed by atoms with E-state index in [-0.39, 0.29) is 5.91 Å². The molecule has 0 unspecified atom stereocenters. The molecule has 2 rings (SSSR count). The van der Waals surface area contributed by atoms with E-state index in [4.69, 9.17) is 5.26 Å². The zero-order valence-corrected chi connectivity index (χ0v) is 9.76. The van der Waals surface area contributed by atoms with Crippen molar-refractivity contribution in [2.24, 2.45) is 0 Å². The molecule has 3 heteroatoms. The molecule has 0 saturated heterocycles. The molecule has 0 bridgehead atoms. The van der Waals surface area contributed by atoms with Crippen LogP contribution in [0.25, 0.3) is 0 Å². The van der Waals surface area contributed by atoms with Crippen molar-refractivity contribution in [3.63, 3.8) is 0 Å². The van der Waals surface area contributed by atoms with Gasteiger partial charge in [0, 0.05) is 11.3 Å². The molecule has 0 heterocycles. The molecule has 0 saturated carbocycles. The Kier molecular flexibility index (Phi) is 3.72. The van der Waals surface area contributed by atoms with E-state index in [0.29, 0.717) is 12.0 Å². The molecule has 88 valence electrons. The van der Waals surface area contributed by atoms with Crippen LogP contribution in [-0.4, -0.2) is 5.91 Å². The summed E-state index contributed by atoms with van der Waals surface area (Å²) in [5, 5.41) is 11.4. The number of hydrogen-bond donors (Lipinski definition) is 1. The number of carbonyl (C=O) groups excluding carboxylic acids is 1. The van der Waals surface area contributed by atoms with E-state index in [1.54, 1.807) is 18.2 Å². The molecule has 0 aliphatic rings. The third kappa shape index (κ3) is 2.96. The van der Waals surface area contributed by atoms with Crippen molar-refractivity contribution >= 4 is 11.6 Å². The molecule has 1 amide bonds. The Morgan fingerprint density at radius 1 is 1.11 bits per heavy atom. The average Bonchev–Trinajstić information content (AvgIpc) is 2.40. The minimum absolute atomic E-state index is 0.166. The van der Waals surface area contributed by atoms with Crippen molar-refractivity contribution < 1.29 is 4.79 Å². The first-order chi connectivity index (χ1) is 8.79. The van der Waals surface area contributed by atoms with Crippen LogP contribution in [0.2, 0.25) is 0 Å². The van der Waals surface area contributed by atoms with Crippen LogP contribution in [-0.2, 0) is 6.42 Å². The highest BCUT2D eigenvalue weighted by atomic mass is 16.1. The molecule has 2 aromatic carbocycles. The quantitative estimate of drug-likeness (QED) is 0.890. The second-order valence-electron chi connectivity index (χ2n) is 3.86. The van der Waals surface area contributed by atoms with Crippen molar-refractivity contribution in [2.75, 3.05) is 5.32 Å². The first kappa shape index (κ1) is 11.9. The van der Waals surface area contributed by atoms with Crippen LogP contribution < -0.4 is 5.32 Å². The van der Waals surface area contributed by atoms with E-state index in [1.807, 2.05) is 36.4 Å². The Hall–Kier alpha value is -2.60. The molecule has 0 fully saturated rings. The Labute approximate surface area is 106 Å². The first-order valence-corrected chi connectivity index (χ1v) is 5.62. The topological polar surface area (TPSA) is 52.9 Å². The van der Waals surface area contributed by atoms with Gasteiger partial charge < -0.3 is 5.32 Å². The highest BCUT2D eigenvalue weighted by Crippen LogP contribution is 2.10. The van der Waals surface area contributed by atoms with E-state index >= 15 is 0 Å². The SMILES string of the molecule is N#CCc1cccc(C(=O)Nc2ccccc2)c1. The van der Waals surface area contributed by atoms with Gasteiger partial charge in [-0.25, -0.2) is 0 Å². The largest absolute Gasteiger partial charge is 0.322 e. The zero-order valence-electron chi connectivity index (χ0n) is 9.76. The fourth-order valence-electron chi connectivity index (χ4n) is 1.64. The minimum atomic E-state index is -0.166. The molecule has 0 radical (unpaired) electrons. The smallest absolute Gasteiger partial charge is 0.255 e. The Bertz CT molecular complexity index is 585. The number of hydrogen-bond acceptors (Lipinski definition) is 2. The van der Waals surface area contributed by atoms with E-state index in [0.717, 1.165) is 11.3 Å². The summed E-state index contributed by atoms with van der Waals surface area (Å²) in [7, 11) is 0. The number of rotatable bonds is 3. The van der Waals surface area contributed by atoms with Gasteiger partial charge in [0.15, 0.2) is 0 Å². The van der Waals surface area contributed by atoms with Gasteiger partial charge in [0.2, 0.25) is 0 Å². The van der Waals surface area contributed by atoms with Gasteiger partial charge in [-0.05, 0) is 29.8 Å². The normalized spacial score (nSPS) is 9.50. The maximum Gasteiger partial charge on any atom is 0.255 e. The zero-order chi connectivity index (χ0) is 12.8. The summed E-state index contributed by atoms with van der Waals surface area (Å²) in [6.45, 7) is 0. The number of nitrogens with one attached hydrogen (secondary N) is 1. The molecule has 0 aliphatic carbocycles. The summed E-state index contributed by atoms with van der Waals surface area (Å²) >= 11 is 0. The lowest BCUT2D eigenvalue weighted by Gasteiger charge is -2.05. The fourth-order valence-corrected chi connectivity index (χ4v) is 1.64. The molecule has 0 atom stereocenters. The van der Waals surface area contributed by atoms with Crippen LogP contribution in [0.4, 0.5) is 5.69 Å². The third-order valence-electron chi connectivity index (χ3n) is 2.50. The van der Waals surface area contributed by atoms with Crippen LogP contribution in [0.1, 0.15) is 15.9 Å². The van der Waals surface area contributed by atoms with Gasteiger partial charge in [0.25, 0.3) is 5.91 Å². The van der Waals surface area contributed by atoms with Crippen molar-refractivity contribution in [3.8, 4) is 6.07 Å². The van der Waals surface area contributed by atoms with Crippen molar-refractivity contribution in [2.45, 2.75) is 6.42 Å². The highest BCUT2D eigenvalue weighted by molar-refractivity contribution is 6.04. The molecule has 3 nitrogen and oxygen atoms in total. The van der Waals surface area contributed by atoms with Crippen molar-refractivity contribution in [3.05, 3.63) is 65.7 Å². The summed E-state index contributed by atoms with van der Waals surface area (Å²) in [4.78, 5) is 12.0. The maximum atomic E-state index is 12.0. The number of carbonyl (C=O) groups is 1. The summed E-state index contributed by atoms with van der Waals surface area (Å²) in [6, 6.07) is 18.4. The molecule has 0 spiro atoms. The molecular formula is C15H12N2O. The highest BCUT2D eigenvalue weighted by Gasteiger charge is 2.06. The first-order valence-electron chi connectivity index (χ1n) is 5.62. The van der Waals surface area contributed by atoms with Crippen molar-refractivity contribution in [1.29, 1.82) is 5.26 Å². The number of nitriles is 1. The minimum Gasteiger partial charge on any atom is -0.322 e. The lowest BCUT2D eigenvalue weighted by molar-refractivity contribution is 0.102. The summed E-state index contributed by atoms with van der Waals surface area (Å²) in [5.41, 5.74) is 2.16. The molecule has 1 N–H and O–H groups in total. The lowest BCUT2D eigenvalue weighted by atomic mass is 10.1. The molecule has 0 aromatic heterocycles. The number of amides is 1. The van der Waals surface area contributed by atoms with Crippen LogP contribution in [0.15, 0.2) is 54.6 Å². The van der Waals surface area contributed by atoms with E-state index in [9.17, 15) is 4.79 Å². The van der Waals surface area contributed by atoms with E-state index < -0.39 is 0 Å². The van der Waals surface area contributed by atoms with Crippen molar-refractivity contribution in [1.82, 2.24) is 0 Å². The van der Waals surface area contributed by atoms with E-state index in [1.165, 1.54) is 0 Å². The molecule has 0 aliphatic heterocycles. The summed E-state index contributed by atoms with van der Waals surface area (Å²) < 4.78 is 0. The van der Waals surface area contributed by atoms with Gasteiger partial charge in [0.1, 0.15) is 0 Å². The Morgan fingerprint density at radius 2 is 1.89 bits per heavy atom. The fraction of sp³-hybridized carbons (Fsp3) is 0.0667. The van der Waals surface area contributed by atoms with E-state index in [2.05, 4.69) is 11.4 Å². The van der Waals surface area contributed by atoms with Crippen LogP contribution >= 0.6 is 0 Å². The number of anilines is 1. The van der Waals surface area contributed by atoms with Gasteiger partial charge in [-0.2, -0.15) is 5.26 Å². The standard InChI is InChI=1S/C15H12N2O/c16-10-9-12-5-4-6-13(11-12)15(18)17-14-7-2-1-3-8-14/h1-8,11H,9H2,(H,17,18). The number of para-hydroxylation sites is 1. The maximum absolute atomic E-state index is 12.0. The van der Waals surface area contributed by atoms with Crippen LogP contribution in [0.5, 0.6) is 0 Å². The summed E-state index contributed by atoms with van der Waals surface area (Å²) in [5.74, 6) is -0.166. The number of benzene rings is 2. The third-order valence-corrected chi connectivity index (χ3v) is 2.50. The predicted octanol–water partition coefficient (Wildman–Crippen LogP) is 3.00. The second-order valence-corrected chi connectivity index (χ2v) is 3.86. The monoisotopic (exact) mass is 236 g/mol. The average molecular weight is 236 g/mol. The van der Waals surface area contributed by atoms with Gasteiger partial charge in [-0.3, -0.25) is 4.79 Å². The lowest BCUT2D eigenvalue weighted by Crippen LogP contribution is -2.11. The second kappa shape index (κ2) is 5.65. The Balaban J connectivity index is 2.14. The van der Waals surface area contributed by atoms with Crippen LogP contribution in [0.3, 0.4) is 0 Å². The van der Waals surface area contributed by atoms with Gasteiger partial charge >= 0.3 is 0 Å². The summed E-state index contributed by atoms with van der Waals surface area (Å²) in [6.07, 6.45) is 0.312. The molecular weight excluding hydrogens is 224 g/mol. The number of nitrogens with zero attached hydrogens (tertiary/aromatic N) is 1. The molecule has 18 heavy (non-hydrogen) atoms.